The maximum absolute atomic E-state index is 12.0. The smallest absolute Gasteiger partial charge is 0.251 e. The molecule has 5 N–H and O–H groups in total. The van der Waals surface area contributed by atoms with Crippen LogP contribution < -0.4 is 17.0 Å². The topological polar surface area (TPSA) is 81.1 Å². The van der Waals surface area contributed by atoms with Crippen molar-refractivity contribution in [1.82, 2.24) is 5.43 Å². The first kappa shape index (κ1) is 14.4. The SMILES string of the molecule is Cc1ccc(N)c(SC(C(=O)NN)c2ccccc2)c1. The summed E-state index contributed by atoms with van der Waals surface area (Å²) in [4.78, 5) is 12.9. The maximum atomic E-state index is 12.0. The summed E-state index contributed by atoms with van der Waals surface area (Å²) in [6.45, 7) is 1.99. The molecular weight excluding hydrogens is 270 g/mol. The van der Waals surface area contributed by atoms with Crippen molar-refractivity contribution in [1.29, 1.82) is 0 Å². The summed E-state index contributed by atoms with van der Waals surface area (Å²) in [5, 5.41) is -0.426. The van der Waals surface area contributed by atoms with E-state index in [9.17, 15) is 4.79 Å². The van der Waals surface area contributed by atoms with E-state index in [0.717, 1.165) is 16.0 Å². The summed E-state index contributed by atoms with van der Waals surface area (Å²) in [5.74, 6) is 5.04. The van der Waals surface area contributed by atoms with Gasteiger partial charge in [0, 0.05) is 10.6 Å². The quantitative estimate of drug-likeness (QED) is 0.265. The molecule has 0 bridgehead atoms. The summed E-state index contributed by atoms with van der Waals surface area (Å²) in [5.41, 5.74) is 10.8. The number of hydrazine groups is 1. The first-order valence-corrected chi connectivity index (χ1v) is 7.08. The highest BCUT2D eigenvalue weighted by molar-refractivity contribution is 8.00. The van der Waals surface area contributed by atoms with Crippen LogP contribution in [0.1, 0.15) is 16.4 Å². The number of hydrogen-bond donors (Lipinski definition) is 3. The van der Waals surface area contributed by atoms with Crippen molar-refractivity contribution in [2.75, 3.05) is 5.73 Å². The second-order valence-corrected chi connectivity index (χ2v) is 5.61. The van der Waals surface area contributed by atoms with Crippen LogP contribution in [0.3, 0.4) is 0 Å². The van der Waals surface area contributed by atoms with Crippen LogP contribution in [0.4, 0.5) is 5.69 Å². The number of rotatable bonds is 4. The van der Waals surface area contributed by atoms with Gasteiger partial charge in [0.05, 0.1) is 0 Å². The zero-order chi connectivity index (χ0) is 14.5. The highest BCUT2D eigenvalue weighted by atomic mass is 32.2. The monoisotopic (exact) mass is 287 g/mol. The Morgan fingerprint density at radius 2 is 1.90 bits per heavy atom. The molecule has 0 radical (unpaired) electrons. The Morgan fingerprint density at radius 3 is 2.55 bits per heavy atom. The number of aryl methyl sites for hydroxylation is 1. The summed E-state index contributed by atoms with van der Waals surface area (Å²) < 4.78 is 0. The van der Waals surface area contributed by atoms with Crippen molar-refractivity contribution in [3.05, 3.63) is 59.7 Å². The third-order valence-corrected chi connectivity index (χ3v) is 4.23. The number of hydrogen-bond acceptors (Lipinski definition) is 4. The van der Waals surface area contributed by atoms with Crippen molar-refractivity contribution >= 4 is 23.4 Å². The second kappa shape index (κ2) is 6.45. The Bertz CT molecular complexity index is 601. The average Bonchev–Trinajstić information content (AvgIpc) is 2.48. The molecule has 104 valence electrons. The van der Waals surface area contributed by atoms with E-state index in [1.165, 1.54) is 11.8 Å². The molecule has 0 aliphatic carbocycles. The molecule has 5 heteroatoms. The molecule has 0 saturated heterocycles. The Morgan fingerprint density at radius 1 is 1.20 bits per heavy atom. The Labute approximate surface area is 122 Å². The molecule has 0 aliphatic rings. The molecule has 0 spiro atoms. The number of anilines is 1. The molecule has 0 saturated carbocycles. The zero-order valence-corrected chi connectivity index (χ0v) is 12.0. The molecule has 2 aromatic rings. The normalized spacial score (nSPS) is 11.9. The molecule has 1 unspecified atom stereocenters. The minimum atomic E-state index is -0.426. The van der Waals surface area contributed by atoms with Crippen LogP contribution >= 0.6 is 11.8 Å². The molecular formula is C15H17N3OS. The van der Waals surface area contributed by atoms with E-state index in [2.05, 4.69) is 5.43 Å². The largest absolute Gasteiger partial charge is 0.398 e. The Hall–Kier alpha value is -1.98. The van der Waals surface area contributed by atoms with E-state index < -0.39 is 5.25 Å². The standard InChI is InChI=1S/C15H17N3OS/c1-10-7-8-12(16)13(9-10)20-14(15(19)18-17)11-5-3-2-4-6-11/h2-9,14H,16-17H2,1H3,(H,18,19). The van der Waals surface area contributed by atoms with E-state index in [1.807, 2.05) is 55.5 Å². The first-order chi connectivity index (χ1) is 9.61. The Balaban J connectivity index is 2.34. The van der Waals surface area contributed by atoms with Crippen LogP contribution in [0.5, 0.6) is 0 Å². The van der Waals surface area contributed by atoms with E-state index in [-0.39, 0.29) is 5.91 Å². The lowest BCUT2D eigenvalue weighted by Crippen LogP contribution is -2.33. The van der Waals surface area contributed by atoms with Crippen molar-refractivity contribution in [2.24, 2.45) is 5.84 Å². The first-order valence-electron chi connectivity index (χ1n) is 6.20. The lowest BCUT2D eigenvalue weighted by atomic mass is 10.1. The predicted octanol–water partition coefficient (Wildman–Crippen LogP) is 2.40. The van der Waals surface area contributed by atoms with Gasteiger partial charge in [-0.3, -0.25) is 10.2 Å². The third-order valence-electron chi connectivity index (χ3n) is 2.90. The van der Waals surface area contributed by atoms with Crippen molar-refractivity contribution in [3.8, 4) is 0 Å². The van der Waals surface area contributed by atoms with Gasteiger partial charge in [0.15, 0.2) is 0 Å². The number of carbonyl (C=O) groups is 1. The summed E-state index contributed by atoms with van der Waals surface area (Å²) >= 11 is 1.40. The molecule has 20 heavy (non-hydrogen) atoms. The number of thioether (sulfide) groups is 1. The van der Waals surface area contributed by atoms with E-state index in [4.69, 9.17) is 11.6 Å². The Kier molecular flexibility index (Phi) is 4.65. The number of nitrogen functional groups attached to an aromatic ring is 1. The second-order valence-electron chi connectivity index (χ2n) is 4.46. The number of amides is 1. The van der Waals surface area contributed by atoms with E-state index >= 15 is 0 Å². The average molecular weight is 287 g/mol. The van der Waals surface area contributed by atoms with Crippen LogP contribution in [-0.4, -0.2) is 5.91 Å². The van der Waals surface area contributed by atoms with Crippen molar-refractivity contribution < 1.29 is 4.79 Å². The zero-order valence-electron chi connectivity index (χ0n) is 11.2. The minimum Gasteiger partial charge on any atom is -0.398 e. The van der Waals surface area contributed by atoms with Gasteiger partial charge in [-0.15, -0.1) is 11.8 Å². The summed E-state index contributed by atoms with van der Waals surface area (Å²) in [7, 11) is 0. The molecule has 0 heterocycles. The van der Waals surface area contributed by atoms with Crippen molar-refractivity contribution in [2.45, 2.75) is 17.1 Å². The molecule has 0 fully saturated rings. The van der Waals surface area contributed by atoms with Gasteiger partial charge >= 0.3 is 0 Å². The van der Waals surface area contributed by atoms with Gasteiger partial charge in [0.2, 0.25) is 0 Å². The summed E-state index contributed by atoms with van der Waals surface area (Å²) in [6.07, 6.45) is 0. The number of nitrogens with two attached hydrogens (primary N) is 2. The number of carbonyl (C=O) groups excluding carboxylic acids is 1. The molecule has 4 nitrogen and oxygen atoms in total. The highest BCUT2D eigenvalue weighted by Gasteiger charge is 2.22. The number of benzene rings is 2. The van der Waals surface area contributed by atoms with Gasteiger partial charge in [-0.2, -0.15) is 0 Å². The van der Waals surface area contributed by atoms with E-state index in [0.29, 0.717) is 5.69 Å². The summed E-state index contributed by atoms with van der Waals surface area (Å²) in [6, 6.07) is 15.3. The van der Waals surface area contributed by atoms with E-state index in [1.54, 1.807) is 0 Å². The fourth-order valence-electron chi connectivity index (χ4n) is 1.85. The van der Waals surface area contributed by atoms with Gasteiger partial charge in [0.25, 0.3) is 5.91 Å². The molecule has 2 rings (SSSR count). The van der Waals surface area contributed by atoms with Gasteiger partial charge in [-0.05, 0) is 30.2 Å². The molecule has 0 aliphatic heterocycles. The lowest BCUT2D eigenvalue weighted by Gasteiger charge is -2.16. The van der Waals surface area contributed by atoms with Gasteiger partial charge < -0.3 is 5.73 Å². The van der Waals surface area contributed by atoms with Gasteiger partial charge in [-0.1, -0.05) is 36.4 Å². The fourth-order valence-corrected chi connectivity index (χ4v) is 3.03. The van der Waals surface area contributed by atoms with Crippen LogP contribution in [0, 0.1) is 6.92 Å². The van der Waals surface area contributed by atoms with Crippen LogP contribution in [-0.2, 0) is 4.79 Å². The third kappa shape index (κ3) is 3.31. The highest BCUT2D eigenvalue weighted by Crippen LogP contribution is 2.38. The van der Waals surface area contributed by atoms with Gasteiger partial charge in [-0.25, -0.2) is 5.84 Å². The van der Waals surface area contributed by atoms with Crippen LogP contribution in [0.15, 0.2) is 53.4 Å². The van der Waals surface area contributed by atoms with Crippen LogP contribution in [0.2, 0.25) is 0 Å². The van der Waals surface area contributed by atoms with Crippen LogP contribution in [0.25, 0.3) is 0 Å². The molecule has 1 atom stereocenters. The van der Waals surface area contributed by atoms with Crippen molar-refractivity contribution in [3.63, 3.8) is 0 Å². The lowest BCUT2D eigenvalue weighted by molar-refractivity contribution is -0.120. The fraction of sp³-hybridized carbons (Fsp3) is 0.133. The predicted molar refractivity (Wildman–Crippen MR) is 83.0 cm³/mol. The molecule has 1 amide bonds. The number of nitrogens with one attached hydrogen (secondary N) is 1. The van der Waals surface area contributed by atoms with Gasteiger partial charge in [0.1, 0.15) is 5.25 Å². The minimum absolute atomic E-state index is 0.248. The molecule has 2 aromatic carbocycles. The molecule has 0 aromatic heterocycles. The maximum Gasteiger partial charge on any atom is 0.251 e.